The molecule has 0 saturated heterocycles. The van der Waals surface area contributed by atoms with Crippen molar-refractivity contribution < 1.29 is 53.3 Å². The van der Waals surface area contributed by atoms with Crippen LogP contribution in [-0.4, -0.2) is 53.9 Å². The fourth-order valence-electron chi connectivity index (χ4n) is 1.82. The Balaban J connectivity index is 0.000000887. The summed E-state index contributed by atoms with van der Waals surface area (Å²) in [6, 6.07) is 3.39. The van der Waals surface area contributed by atoms with Gasteiger partial charge >= 0.3 is 12.1 Å². The number of hydrogen-bond donors (Lipinski definition) is 4. The molecule has 0 aliphatic rings. The van der Waals surface area contributed by atoms with Crippen molar-refractivity contribution in [3.05, 3.63) is 23.8 Å². The number of phenolic OH excluding ortho intramolecular Hbond substituents is 2. The Morgan fingerprint density at radius 1 is 1.25 bits per heavy atom. The zero-order valence-electron chi connectivity index (χ0n) is 14.9. The van der Waals surface area contributed by atoms with Crippen LogP contribution in [0.3, 0.4) is 0 Å². The second-order valence-corrected chi connectivity index (χ2v) is 5.41. The van der Waals surface area contributed by atoms with E-state index < -0.39 is 24.2 Å². The highest BCUT2D eigenvalue weighted by Crippen LogP contribution is 2.25. The van der Waals surface area contributed by atoms with Gasteiger partial charge in [-0.2, -0.15) is 13.2 Å². The van der Waals surface area contributed by atoms with E-state index in [0.717, 1.165) is 0 Å². The number of rotatable bonds is 7. The molecule has 1 unspecified atom stereocenters. The average Bonchev–Trinajstić information content (AvgIpc) is 2.61. The third-order valence-electron chi connectivity index (χ3n) is 3.19. The number of aliphatic carboxylic acids is 1. The van der Waals surface area contributed by atoms with Gasteiger partial charge in [-0.3, -0.25) is 4.79 Å². The second-order valence-electron chi connectivity index (χ2n) is 5.41. The van der Waals surface area contributed by atoms with Crippen molar-refractivity contribution in [3.8, 4) is 11.5 Å². The Hall–Kier alpha value is -3.02. The molecule has 0 aliphatic heterocycles. The van der Waals surface area contributed by atoms with E-state index in [-0.39, 0.29) is 30.2 Å². The van der Waals surface area contributed by atoms with Crippen LogP contribution in [0.15, 0.2) is 18.2 Å². The van der Waals surface area contributed by atoms with Gasteiger partial charge in [-0.15, -0.1) is 0 Å². The first kappa shape index (κ1) is 25.0. The van der Waals surface area contributed by atoms with Crippen LogP contribution >= 0.6 is 0 Å². The summed E-state index contributed by atoms with van der Waals surface area (Å²) in [7, 11) is 1.24. The number of carboxylic acids is 1. The number of benzene rings is 1. The van der Waals surface area contributed by atoms with Gasteiger partial charge in [-0.25, -0.2) is 4.79 Å². The van der Waals surface area contributed by atoms with Crippen LogP contribution in [0.4, 0.5) is 13.2 Å². The maximum Gasteiger partial charge on any atom is 0.430 e. The number of alkyl halides is 3. The zero-order chi connectivity index (χ0) is 21.9. The van der Waals surface area contributed by atoms with Crippen molar-refractivity contribution >= 4 is 17.8 Å². The molecule has 0 radical (unpaired) electrons. The Kier molecular flexibility index (Phi) is 10.4. The van der Waals surface area contributed by atoms with Crippen LogP contribution in [0.5, 0.6) is 11.5 Å². The number of quaternary nitrogens is 1. The first-order chi connectivity index (χ1) is 12.9. The fourth-order valence-corrected chi connectivity index (χ4v) is 1.82. The minimum Gasteiger partial charge on any atom is -0.542 e. The quantitative estimate of drug-likeness (QED) is 0.318. The monoisotopic (exact) mass is 410 g/mol. The second kappa shape index (κ2) is 11.6. The lowest BCUT2D eigenvalue weighted by molar-refractivity contribution is -0.368. The molecule has 12 heteroatoms. The standard InChI is InChI=1S/C14H20N2O5.C2HF3O2/c1-21-14(20)10(16-13(19)3-2-6-15)7-9-4-5-11(17)12(18)8-9;3-2(4,5)1(6)7/h4-5,8,10,17-18H,2-3,6-7,15H2,1H3,(H,16,19);(H,6,7). The lowest BCUT2D eigenvalue weighted by Crippen LogP contribution is -2.50. The lowest BCUT2D eigenvalue weighted by atomic mass is 10.0. The number of carboxylic acid groups (broad SMARTS) is 1. The maximum absolute atomic E-state index is 11.7. The number of halogens is 3. The molecule has 0 aromatic heterocycles. The molecule has 0 spiro atoms. The van der Waals surface area contributed by atoms with Gasteiger partial charge in [0.15, 0.2) is 11.5 Å². The normalized spacial score (nSPS) is 11.6. The molecule has 1 amide bonds. The van der Waals surface area contributed by atoms with E-state index in [2.05, 4.69) is 15.8 Å². The van der Waals surface area contributed by atoms with Gasteiger partial charge < -0.3 is 35.9 Å². The Bertz CT molecular complexity index is 681. The number of phenols is 2. The minimum absolute atomic E-state index is 0.163. The van der Waals surface area contributed by atoms with E-state index in [1.165, 1.54) is 19.2 Å². The van der Waals surface area contributed by atoms with Gasteiger partial charge in [-0.05, 0) is 17.7 Å². The van der Waals surface area contributed by atoms with E-state index in [4.69, 9.17) is 9.90 Å². The SMILES string of the molecule is COC(=O)C(Cc1ccc(O)c(O)c1)NC(=O)CCC[NH3+].O=C([O-])C(F)(F)F. The van der Waals surface area contributed by atoms with Gasteiger partial charge in [0.1, 0.15) is 12.0 Å². The number of carbonyl (C=O) groups is 3. The van der Waals surface area contributed by atoms with E-state index in [0.29, 0.717) is 18.5 Å². The first-order valence-corrected chi connectivity index (χ1v) is 7.87. The van der Waals surface area contributed by atoms with Crippen molar-refractivity contribution in [3.63, 3.8) is 0 Å². The summed E-state index contributed by atoms with van der Waals surface area (Å²) >= 11 is 0. The summed E-state index contributed by atoms with van der Waals surface area (Å²) in [6.45, 7) is 0.641. The van der Waals surface area contributed by atoms with Crippen molar-refractivity contribution in [1.29, 1.82) is 0 Å². The molecular weight excluding hydrogens is 389 g/mol. The molecule has 1 aromatic rings. The lowest BCUT2D eigenvalue weighted by Gasteiger charge is -2.16. The van der Waals surface area contributed by atoms with Crippen LogP contribution in [0.1, 0.15) is 18.4 Å². The van der Waals surface area contributed by atoms with Crippen molar-refractivity contribution in [2.45, 2.75) is 31.5 Å². The van der Waals surface area contributed by atoms with Crippen LogP contribution < -0.4 is 16.2 Å². The summed E-state index contributed by atoms with van der Waals surface area (Å²) in [5.41, 5.74) is 4.25. The zero-order valence-corrected chi connectivity index (χ0v) is 14.9. The Morgan fingerprint density at radius 2 is 1.82 bits per heavy atom. The van der Waals surface area contributed by atoms with E-state index in [1.807, 2.05) is 0 Å². The Labute approximate surface area is 157 Å². The van der Waals surface area contributed by atoms with Gasteiger partial charge in [0.2, 0.25) is 5.91 Å². The minimum atomic E-state index is -5.19. The first-order valence-electron chi connectivity index (χ1n) is 7.87. The Morgan fingerprint density at radius 3 is 2.25 bits per heavy atom. The molecule has 1 rings (SSSR count). The summed E-state index contributed by atoms with van der Waals surface area (Å²) in [4.78, 5) is 32.2. The van der Waals surface area contributed by atoms with Crippen LogP contribution in [0.2, 0.25) is 0 Å². The third-order valence-corrected chi connectivity index (χ3v) is 3.19. The summed E-state index contributed by atoms with van der Waals surface area (Å²) in [5, 5.41) is 30.1. The topological polar surface area (TPSA) is 164 Å². The fraction of sp³-hybridized carbons (Fsp3) is 0.438. The van der Waals surface area contributed by atoms with Crippen molar-refractivity contribution in [2.24, 2.45) is 0 Å². The molecule has 0 fully saturated rings. The van der Waals surface area contributed by atoms with Crippen LogP contribution in [0, 0.1) is 0 Å². The predicted octanol–water partition coefficient (Wildman–Crippen LogP) is -1.38. The molecular formula is C16H21F3N2O7. The van der Waals surface area contributed by atoms with E-state index in [9.17, 15) is 33.0 Å². The number of methoxy groups -OCH3 is 1. The average molecular weight is 410 g/mol. The third kappa shape index (κ3) is 9.62. The maximum atomic E-state index is 11.7. The van der Waals surface area contributed by atoms with E-state index >= 15 is 0 Å². The number of aromatic hydroxyl groups is 2. The van der Waals surface area contributed by atoms with Crippen LogP contribution in [-0.2, 0) is 25.5 Å². The van der Waals surface area contributed by atoms with Crippen LogP contribution in [0.25, 0.3) is 0 Å². The predicted molar refractivity (Wildman–Crippen MR) is 85.5 cm³/mol. The molecule has 0 saturated carbocycles. The molecule has 158 valence electrons. The summed E-state index contributed by atoms with van der Waals surface area (Å²) in [5.74, 6) is -4.34. The molecule has 1 aromatic carbocycles. The summed E-state index contributed by atoms with van der Waals surface area (Å²) < 4.78 is 36.2. The molecule has 1 atom stereocenters. The molecule has 9 nitrogen and oxygen atoms in total. The van der Waals surface area contributed by atoms with Gasteiger partial charge in [0.05, 0.1) is 13.7 Å². The number of esters is 1. The van der Waals surface area contributed by atoms with Gasteiger partial charge in [0.25, 0.3) is 0 Å². The summed E-state index contributed by atoms with van der Waals surface area (Å²) in [6.07, 6.45) is -4.10. The highest BCUT2D eigenvalue weighted by molar-refractivity contribution is 5.84. The molecule has 0 bridgehead atoms. The van der Waals surface area contributed by atoms with Crippen molar-refractivity contribution in [2.75, 3.05) is 13.7 Å². The largest absolute Gasteiger partial charge is 0.542 e. The van der Waals surface area contributed by atoms with Crippen molar-refractivity contribution in [1.82, 2.24) is 5.32 Å². The molecule has 0 heterocycles. The number of nitrogens with one attached hydrogen (secondary N) is 1. The molecule has 6 N–H and O–H groups in total. The number of hydrogen-bond acceptors (Lipinski definition) is 7. The number of ether oxygens (including phenoxy) is 1. The number of carbonyl (C=O) groups excluding carboxylic acids is 3. The van der Waals surface area contributed by atoms with E-state index in [1.54, 1.807) is 6.07 Å². The van der Waals surface area contributed by atoms with Gasteiger partial charge in [0, 0.05) is 19.3 Å². The highest BCUT2D eigenvalue weighted by atomic mass is 19.4. The highest BCUT2D eigenvalue weighted by Gasteiger charge is 2.28. The smallest absolute Gasteiger partial charge is 0.430 e. The molecule has 28 heavy (non-hydrogen) atoms. The number of amides is 1. The van der Waals surface area contributed by atoms with Gasteiger partial charge in [-0.1, -0.05) is 6.07 Å². The molecule has 0 aliphatic carbocycles.